The van der Waals surface area contributed by atoms with E-state index in [1.807, 2.05) is 0 Å². The minimum atomic E-state index is -5.19. The number of aromatic nitrogens is 1. The molecular formula is C18H20F3N3O4. The van der Waals surface area contributed by atoms with Gasteiger partial charge in [-0.15, -0.1) is 0 Å². The van der Waals surface area contributed by atoms with Crippen LogP contribution in [0.4, 0.5) is 13.2 Å². The normalized spacial score (nSPS) is 15.6. The van der Waals surface area contributed by atoms with Crippen molar-refractivity contribution in [3.63, 3.8) is 0 Å². The Kier molecular flexibility index (Phi) is 5.61. The summed E-state index contributed by atoms with van der Waals surface area (Å²) in [6.45, 7) is 6.93. The molecule has 1 aliphatic heterocycles. The Morgan fingerprint density at radius 2 is 2.00 bits per heavy atom. The Hall–Kier alpha value is -2.59. The first-order chi connectivity index (χ1) is 13.2. The molecule has 2 aromatic rings. The maximum Gasteiger partial charge on any atom is 0.491 e. The quantitative estimate of drug-likeness (QED) is 0.603. The number of benzene rings is 1. The molecule has 7 nitrogen and oxygen atoms in total. The molecule has 0 atom stereocenters. The van der Waals surface area contributed by atoms with Crippen LogP contribution in [0.3, 0.4) is 0 Å². The van der Waals surface area contributed by atoms with Gasteiger partial charge in [-0.3, -0.25) is 4.90 Å². The number of phenolic OH excluding ortho intramolecular Hbond substituents is 1. The van der Waals surface area contributed by atoms with Crippen LogP contribution in [-0.4, -0.2) is 53.5 Å². The number of halogens is 3. The van der Waals surface area contributed by atoms with Gasteiger partial charge in [0, 0.05) is 38.3 Å². The molecule has 0 amide bonds. The van der Waals surface area contributed by atoms with E-state index in [9.17, 15) is 23.1 Å². The third-order valence-electron chi connectivity index (χ3n) is 4.47. The third kappa shape index (κ3) is 4.28. The zero-order valence-electron chi connectivity index (χ0n) is 15.4. The van der Waals surface area contributed by atoms with Crippen molar-refractivity contribution in [3.8, 4) is 22.6 Å². The fourth-order valence-electron chi connectivity index (χ4n) is 3.20. The Morgan fingerprint density at radius 3 is 2.57 bits per heavy atom. The van der Waals surface area contributed by atoms with Gasteiger partial charge in [-0.2, -0.15) is 13.2 Å². The summed E-state index contributed by atoms with van der Waals surface area (Å²) in [4.78, 5) is 13.5. The minimum Gasteiger partial charge on any atom is -0.504 e. The zero-order chi connectivity index (χ0) is 20.5. The first-order valence-corrected chi connectivity index (χ1v) is 8.68. The number of carbonyl (C=O) groups is 1. The van der Waals surface area contributed by atoms with Gasteiger partial charge in [0.25, 0.3) is 0 Å². The van der Waals surface area contributed by atoms with E-state index in [0.29, 0.717) is 29.1 Å². The van der Waals surface area contributed by atoms with E-state index >= 15 is 0 Å². The number of nitrogens with one attached hydrogen (secondary N) is 1. The van der Waals surface area contributed by atoms with Gasteiger partial charge < -0.3 is 19.7 Å². The summed E-state index contributed by atoms with van der Waals surface area (Å²) in [5.41, 5.74) is 1.57. The molecule has 0 bridgehead atoms. The second-order valence-electron chi connectivity index (χ2n) is 6.60. The second-order valence-corrected chi connectivity index (χ2v) is 6.60. The van der Waals surface area contributed by atoms with Gasteiger partial charge in [0.05, 0.1) is 11.3 Å². The summed E-state index contributed by atoms with van der Waals surface area (Å²) < 4.78 is 47.7. The monoisotopic (exact) mass is 399 g/mol. The molecule has 0 radical (unpaired) electrons. The molecule has 152 valence electrons. The molecular weight excluding hydrogens is 379 g/mol. The number of phenols is 1. The van der Waals surface area contributed by atoms with Gasteiger partial charge in [-0.25, -0.2) is 4.79 Å². The van der Waals surface area contributed by atoms with Crippen molar-refractivity contribution in [3.05, 3.63) is 29.2 Å². The van der Waals surface area contributed by atoms with Crippen molar-refractivity contribution >= 4 is 5.97 Å². The number of esters is 1. The fraction of sp³-hybridized carbons (Fsp3) is 0.444. The van der Waals surface area contributed by atoms with Crippen LogP contribution >= 0.6 is 0 Å². The standard InChI is InChI=1S/C18H20F3N3O4/c1-10-15(11(2)28-23-10)13-7-12(9-24-5-3-22-4-6-24)8-14(25)16(13)27-17(26)18(19,20)21/h7-8,22,25H,3-6,9H2,1-2H3. The zero-order valence-corrected chi connectivity index (χ0v) is 15.4. The number of rotatable bonds is 4. The summed E-state index contributed by atoms with van der Waals surface area (Å²) in [6.07, 6.45) is -5.19. The lowest BCUT2D eigenvalue weighted by molar-refractivity contribution is -0.189. The van der Waals surface area contributed by atoms with Gasteiger partial charge in [0.1, 0.15) is 5.76 Å². The summed E-state index contributed by atoms with van der Waals surface area (Å²) in [5, 5.41) is 17.4. The van der Waals surface area contributed by atoms with Crippen molar-refractivity contribution in [2.45, 2.75) is 26.6 Å². The van der Waals surface area contributed by atoms with Crippen LogP contribution in [0.1, 0.15) is 17.0 Å². The number of alkyl halides is 3. The predicted octanol–water partition coefficient (Wildman–Crippen LogP) is 2.54. The van der Waals surface area contributed by atoms with E-state index in [2.05, 4.69) is 20.1 Å². The Morgan fingerprint density at radius 1 is 1.32 bits per heavy atom. The smallest absolute Gasteiger partial charge is 0.491 e. The molecule has 1 aliphatic rings. The number of carbonyl (C=O) groups excluding carboxylic acids is 1. The maximum atomic E-state index is 12.7. The average molecular weight is 399 g/mol. The fourth-order valence-corrected chi connectivity index (χ4v) is 3.20. The van der Waals surface area contributed by atoms with Crippen molar-refractivity contribution in [2.24, 2.45) is 0 Å². The minimum absolute atomic E-state index is 0.124. The van der Waals surface area contributed by atoms with Gasteiger partial charge in [-0.1, -0.05) is 5.16 Å². The highest BCUT2D eigenvalue weighted by Crippen LogP contribution is 2.42. The van der Waals surface area contributed by atoms with Crippen molar-refractivity contribution in [1.82, 2.24) is 15.4 Å². The van der Waals surface area contributed by atoms with Crippen LogP contribution in [0.25, 0.3) is 11.1 Å². The van der Waals surface area contributed by atoms with Gasteiger partial charge in [-0.05, 0) is 31.5 Å². The van der Waals surface area contributed by atoms with Crippen molar-refractivity contribution in [1.29, 1.82) is 0 Å². The molecule has 2 N–H and O–H groups in total. The predicted molar refractivity (Wildman–Crippen MR) is 92.9 cm³/mol. The average Bonchev–Trinajstić information content (AvgIpc) is 2.95. The highest BCUT2D eigenvalue weighted by Gasteiger charge is 2.42. The summed E-state index contributed by atoms with van der Waals surface area (Å²) in [6, 6.07) is 2.90. The van der Waals surface area contributed by atoms with Crippen LogP contribution in [0, 0.1) is 13.8 Å². The summed E-state index contributed by atoms with van der Waals surface area (Å²) in [5.74, 6) is -3.20. The highest BCUT2D eigenvalue weighted by atomic mass is 19.4. The lowest BCUT2D eigenvalue weighted by atomic mass is 9.99. The van der Waals surface area contributed by atoms with E-state index in [4.69, 9.17) is 4.52 Å². The first-order valence-electron chi connectivity index (χ1n) is 8.68. The van der Waals surface area contributed by atoms with Crippen LogP contribution in [0.5, 0.6) is 11.5 Å². The Labute approximate surface area is 159 Å². The van der Waals surface area contributed by atoms with Gasteiger partial charge in [0.15, 0.2) is 11.5 Å². The van der Waals surface area contributed by atoms with E-state index in [0.717, 1.165) is 26.2 Å². The number of ether oxygens (including phenoxy) is 1. The highest BCUT2D eigenvalue weighted by molar-refractivity contribution is 5.84. The largest absolute Gasteiger partial charge is 0.504 e. The first kappa shape index (κ1) is 20.2. The molecule has 1 aromatic carbocycles. The molecule has 1 aromatic heterocycles. The summed E-state index contributed by atoms with van der Waals surface area (Å²) >= 11 is 0. The molecule has 0 aliphatic carbocycles. The molecule has 1 fully saturated rings. The second kappa shape index (κ2) is 7.80. The molecule has 1 saturated heterocycles. The number of aryl methyl sites for hydroxylation is 2. The van der Waals surface area contributed by atoms with Crippen LogP contribution in [0.15, 0.2) is 16.7 Å². The topological polar surface area (TPSA) is 87.8 Å². The van der Waals surface area contributed by atoms with Crippen LogP contribution < -0.4 is 10.1 Å². The third-order valence-corrected chi connectivity index (χ3v) is 4.47. The number of piperazine rings is 1. The van der Waals surface area contributed by atoms with Crippen LogP contribution in [-0.2, 0) is 11.3 Å². The van der Waals surface area contributed by atoms with E-state index < -0.39 is 23.6 Å². The van der Waals surface area contributed by atoms with E-state index in [1.165, 1.54) is 6.07 Å². The lowest BCUT2D eigenvalue weighted by Gasteiger charge is -2.27. The number of hydrogen-bond donors (Lipinski definition) is 2. The molecule has 2 heterocycles. The SMILES string of the molecule is Cc1noc(C)c1-c1cc(CN2CCNCC2)cc(O)c1OC(=O)C(F)(F)F. The molecule has 28 heavy (non-hydrogen) atoms. The van der Waals surface area contributed by atoms with Gasteiger partial charge in [0.2, 0.25) is 0 Å². The van der Waals surface area contributed by atoms with Crippen molar-refractivity contribution in [2.75, 3.05) is 26.2 Å². The Bertz CT molecular complexity index is 854. The van der Waals surface area contributed by atoms with Crippen molar-refractivity contribution < 1.29 is 32.3 Å². The summed E-state index contributed by atoms with van der Waals surface area (Å²) in [7, 11) is 0. The maximum absolute atomic E-state index is 12.7. The molecule has 0 spiro atoms. The van der Waals surface area contributed by atoms with E-state index in [1.54, 1.807) is 19.9 Å². The number of nitrogens with zero attached hydrogens (tertiary/aromatic N) is 2. The number of aromatic hydroxyl groups is 1. The molecule has 0 unspecified atom stereocenters. The molecule has 0 saturated carbocycles. The van der Waals surface area contributed by atoms with E-state index in [-0.39, 0.29) is 5.56 Å². The van der Waals surface area contributed by atoms with Crippen LogP contribution in [0.2, 0.25) is 0 Å². The molecule has 10 heteroatoms. The number of hydrogen-bond acceptors (Lipinski definition) is 7. The Balaban J connectivity index is 2.04. The van der Waals surface area contributed by atoms with Gasteiger partial charge >= 0.3 is 12.1 Å². The molecule has 3 rings (SSSR count). The lowest BCUT2D eigenvalue weighted by Crippen LogP contribution is -2.42.